The van der Waals surface area contributed by atoms with Gasteiger partial charge in [-0.3, -0.25) is 20.0 Å². The zero-order chi connectivity index (χ0) is 16.4. The second-order valence-electron chi connectivity index (χ2n) is 5.66. The molecule has 2 heterocycles. The Morgan fingerprint density at radius 1 is 1.39 bits per heavy atom. The SMILES string of the molecule is O=c1[nH]nc(C2CCN(Cc3ccc(Br)c([N+](=O)[O-])c3)CC2)[nH]1. The van der Waals surface area contributed by atoms with Crippen LogP contribution in [0, 0.1) is 10.1 Å². The van der Waals surface area contributed by atoms with Gasteiger partial charge in [-0.25, -0.2) is 9.89 Å². The molecule has 1 aromatic carbocycles. The molecule has 0 atom stereocenters. The number of hydrogen-bond acceptors (Lipinski definition) is 5. The minimum Gasteiger partial charge on any atom is -0.299 e. The van der Waals surface area contributed by atoms with Gasteiger partial charge in [0.25, 0.3) is 5.69 Å². The molecule has 0 saturated carbocycles. The number of halogens is 1. The van der Waals surface area contributed by atoms with E-state index in [1.807, 2.05) is 6.07 Å². The minimum atomic E-state index is -0.381. The molecular formula is C14H16BrN5O3. The van der Waals surface area contributed by atoms with Gasteiger partial charge in [-0.1, -0.05) is 6.07 Å². The molecule has 0 radical (unpaired) electrons. The van der Waals surface area contributed by atoms with Crippen molar-refractivity contribution in [3.05, 3.63) is 54.7 Å². The second-order valence-corrected chi connectivity index (χ2v) is 6.51. The van der Waals surface area contributed by atoms with Crippen molar-refractivity contribution >= 4 is 21.6 Å². The van der Waals surface area contributed by atoms with E-state index in [0.29, 0.717) is 16.8 Å². The predicted molar refractivity (Wildman–Crippen MR) is 87.3 cm³/mol. The third-order valence-corrected chi connectivity index (χ3v) is 4.78. The van der Waals surface area contributed by atoms with Gasteiger partial charge in [0.1, 0.15) is 5.82 Å². The number of nitro groups is 1. The molecule has 1 aromatic heterocycles. The summed E-state index contributed by atoms with van der Waals surface area (Å²) in [6.45, 7) is 2.41. The van der Waals surface area contributed by atoms with E-state index < -0.39 is 0 Å². The van der Waals surface area contributed by atoms with Gasteiger partial charge in [0.05, 0.1) is 9.40 Å². The van der Waals surface area contributed by atoms with Crippen LogP contribution >= 0.6 is 15.9 Å². The third-order valence-electron chi connectivity index (χ3n) is 4.11. The Hall–Kier alpha value is -2.00. The van der Waals surface area contributed by atoms with Gasteiger partial charge >= 0.3 is 5.69 Å². The number of nitrogens with zero attached hydrogens (tertiary/aromatic N) is 3. The van der Waals surface area contributed by atoms with Crippen LogP contribution < -0.4 is 5.69 Å². The van der Waals surface area contributed by atoms with E-state index in [9.17, 15) is 14.9 Å². The van der Waals surface area contributed by atoms with Crippen molar-refractivity contribution in [2.45, 2.75) is 25.3 Å². The Morgan fingerprint density at radius 2 is 2.13 bits per heavy atom. The highest BCUT2D eigenvalue weighted by atomic mass is 79.9. The maximum Gasteiger partial charge on any atom is 0.340 e. The number of likely N-dealkylation sites (tertiary alicyclic amines) is 1. The van der Waals surface area contributed by atoms with Crippen LogP contribution in [0.3, 0.4) is 0 Å². The molecule has 2 N–H and O–H groups in total. The monoisotopic (exact) mass is 381 g/mol. The number of benzene rings is 1. The Morgan fingerprint density at radius 3 is 2.74 bits per heavy atom. The zero-order valence-electron chi connectivity index (χ0n) is 12.3. The fraction of sp³-hybridized carbons (Fsp3) is 0.429. The van der Waals surface area contributed by atoms with Crippen LogP contribution in [0.5, 0.6) is 0 Å². The first-order chi connectivity index (χ1) is 11.0. The highest BCUT2D eigenvalue weighted by Gasteiger charge is 2.23. The fourth-order valence-electron chi connectivity index (χ4n) is 2.90. The van der Waals surface area contributed by atoms with Crippen LogP contribution in [-0.2, 0) is 6.54 Å². The summed E-state index contributed by atoms with van der Waals surface area (Å²) >= 11 is 3.20. The van der Waals surface area contributed by atoms with Crippen molar-refractivity contribution in [2.24, 2.45) is 0 Å². The first-order valence-electron chi connectivity index (χ1n) is 7.32. The molecule has 23 heavy (non-hydrogen) atoms. The lowest BCUT2D eigenvalue weighted by Gasteiger charge is -2.30. The minimum absolute atomic E-state index is 0.0893. The first-order valence-corrected chi connectivity index (χ1v) is 8.12. The smallest absolute Gasteiger partial charge is 0.299 e. The third kappa shape index (κ3) is 3.67. The Kier molecular flexibility index (Phi) is 4.58. The number of nitro benzene ring substituents is 1. The summed E-state index contributed by atoms with van der Waals surface area (Å²) in [5.41, 5.74) is 0.739. The van der Waals surface area contributed by atoms with Gasteiger partial charge in [0, 0.05) is 18.5 Å². The summed E-state index contributed by atoms with van der Waals surface area (Å²) in [4.78, 5) is 26.7. The second kappa shape index (κ2) is 6.63. The van der Waals surface area contributed by atoms with E-state index in [1.54, 1.807) is 12.1 Å². The molecule has 0 aliphatic carbocycles. The maximum atomic E-state index is 11.1. The molecule has 0 amide bonds. The number of H-pyrrole nitrogens is 2. The van der Waals surface area contributed by atoms with Gasteiger partial charge in [0.2, 0.25) is 0 Å². The molecule has 0 spiro atoms. The summed E-state index contributed by atoms with van der Waals surface area (Å²) in [5, 5.41) is 17.4. The molecule has 1 aliphatic heterocycles. The topological polar surface area (TPSA) is 108 Å². The summed E-state index contributed by atoms with van der Waals surface area (Å²) < 4.78 is 0.493. The highest BCUT2D eigenvalue weighted by molar-refractivity contribution is 9.10. The van der Waals surface area contributed by atoms with Crippen LogP contribution in [0.15, 0.2) is 27.5 Å². The Bertz CT molecular complexity index is 764. The molecule has 1 fully saturated rings. The van der Waals surface area contributed by atoms with E-state index in [4.69, 9.17) is 0 Å². The zero-order valence-corrected chi connectivity index (χ0v) is 13.9. The van der Waals surface area contributed by atoms with Crippen molar-refractivity contribution in [3.63, 3.8) is 0 Å². The van der Waals surface area contributed by atoms with E-state index in [-0.39, 0.29) is 22.2 Å². The van der Waals surface area contributed by atoms with Crippen molar-refractivity contribution in [1.29, 1.82) is 0 Å². The fourth-order valence-corrected chi connectivity index (χ4v) is 3.29. The average molecular weight is 382 g/mol. The van der Waals surface area contributed by atoms with E-state index in [1.165, 1.54) is 0 Å². The van der Waals surface area contributed by atoms with Crippen LogP contribution in [0.1, 0.15) is 30.1 Å². The molecule has 122 valence electrons. The quantitative estimate of drug-likeness (QED) is 0.622. The normalized spacial score (nSPS) is 16.6. The van der Waals surface area contributed by atoms with Crippen molar-refractivity contribution in [2.75, 3.05) is 13.1 Å². The summed E-state index contributed by atoms with van der Waals surface area (Å²) in [6.07, 6.45) is 1.80. The van der Waals surface area contributed by atoms with Gasteiger partial charge in [-0.05, 0) is 53.5 Å². The van der Waals surface area contributed by atoms with E-state index in [2.05, 4.69) is 36.0 Å². The van der Waals surface area contributed by atoms with Crippen molar-refractivity contribution in [1.82, 2.24) is 20.1 Å². The highest BCUT2D eigenvalue weighted by Crippen LogP contribution is 2.28. The summed E-state index contributed by atoms with van der Waals surface area (Å²) in [7, 11) is 0. The molecule has 3 rings (SSSR count). The lowest BCUT2D eigenvalue weighted by molar-refractivity contribution is -0.385. The number of aromatic amines is 2. The largest absolute Gasteiger partial charge is 0.340 e. The lowest BCUT2D eigenvalue weighted by Crippen LogP contribution is -2.32. The number of aromatic nitrogens is 3. The van der Waals surface area contributed by atoms with Gasteiger partial charge in [-0.15, -0.1) is 0 Å². The summed E-state index contributed by atoms with van der Waals surface area (Å²) in [6, 6.07) is 5.23. The molecule has 2 aromatic rings. The molecule has 1 saturated heterocycles. The number of hydrogen-bond donors (Lipinski definition) is 2. The van der Waals surface area contributed by atoms with Gasteiger partial charge in [-0.2, -0.15) is 5.10 Å². The van der Waals surface area contributed by atoms with Gasteiger partial charge in [0.15, 0.2) is 0 Å². The van der Waals surface area contributed by atoms with Crippen LogP contribution in [-0.4, -0.2) is 38.1 Å². The van der Waals surface area contributed by atoms with E-state index >= 15 is 0 Å². The molecule has 8 nitrogen and oxygen atoms in total. The average Bonchev–Trinajstić information content (AvgIpc) is 2.96. The lowest BCUT2D eigenvalue weighted by atomic mass is 9.96. The molecule has 9 heteroatoms. The number of piperidine rings is 1. The maximum absolute atomic E-state index is 11.1. The van der Waals surface area contributed by atoms with Crippen LogP contribution in [0.2, 0.25) is 0 Å². The van der Waals surface area contributed by atoms with Crippen molar-refractivity contribution in [3.8, 4) is 0 Å². The number of nitrogens with one attached hydrogen (secondary N) is 2. The first kappa shape index (κ1) is 15.9. The molecule has 1 aliphatic rings. The molecular weight excluding hydrogens is 366 g/mol. The van der Waals surface area contributed by atoms with Crippen LogP contribution in [0.25, 0.3) is 0 Å². The predicted octanol–water partition coefficient (Wildman–Crippen LogP) is 2.15. The van der Waals surface area contributed by atoms with Gasteiger partial charge < -0.3 is 0 Å². The number of rotatable bonds is 4. The Labute approximate surface area is 140 Å². The summed E-state index contributed by atoms with van der Waals surface area (Å²) in [5.74, 6) is 0.971. The molecule has 0 bridgehead atoms. The van der Waals surface area contributed by atoms with Crippen molar-refractivity contribution < 1.29 is 4.92 Å². The molecule has 0 unspecified atom stereocenters. The Balaban J connectivity index is 1.61. The van der Waals surface area contributed by atoms with E-state index in [0.717, 1.165) is 31.5 Å². The standard InChI is InChI=1S/C14H16BrN5O3/c15-11-2-1-9(7-12(11)20(22)23)8-19-5-3-10(4-6-19)13-16-14(21)18-17-13/h1-2,7,10H,3-6,8H2,(H2,16,17,18,21). The van der Waals surface area contributed by atoms with Crippen LogP contribution in [0.4, 0.5) is 5.69 Å².